The summed E-state index contributed by atoms with van der Waals surface area (Å²) in [6.07, 6.45) is 1.96. The Morgan fingerprint density at radius 3 is 2.93 bits per heavy atom. The number of likely N-dealkylation sites (tertiary alicyclic amines) is 1. The average Bonchev–Trinajstić information content (AvgIpc) is 3.53. The lowest BCUT2D eigenvalue weighted by atomic mass is 10.0. The minimum Gasteiger partial charge on any atom is -0.486 e. The molecular formula is C21H22N4O3S2. The summed E-state index contributed by atoms with van der Waals surface area (Å²) in [5, 5.41) is 11.3. The molecule has 7 nitrogen and oxygen atoms in total. The van der Waals surface area contributed by atoms with Gasteiger partial charge in [-0.2, -0.15) is 0 Å². The topological polar surface area (TPSA) is 69.5 Å². The summed E-state index contributed by atoms with van der Waals surface area (Å²) >= 11 is 3.07. The summed E-state index contributed by atoms with van der Waals surface area (Å²) in [7, 11) is 1.94. The van der Waals surface area contributed by atoms with Crippen LogP contribution in [0.4, 0.5) is 0 Å². The van der Waals surface area contributed by atoms with Gasteiger partial charge in [0.1, 0.15) is 13.2 Å². The van der Waals surface area contributed by atoms with Crippen molar-refractivity contribution in [3.8, 4) is 22.2 Å². The third kappa shape index (κ3) is 3.67. The maximum absolute atomic E-state index is 13.0. The van der Waals surface area contributed by atoms with Gasteiger partial charge in [0.05, 0.1) is 16.7 Å². The molecule has 0 radical (unpaired) electrons. The molecule has 0 saturated carbocycles. The van der Waals surface area contributed by atoms with E-state index in [9.17, 15) is 4.79 Å². The molecular weight excluding hydrogens is 420 g/mol. The standard InChI is InChI=1S/C21H22N4O3S2/c1-24-20(18-5-3-11-29-18)22-23-21(24)30-13-19(26)25-8-2-4-15(25)14-6-7-16-17(12-14)28-10-9-27-16/h3,5-7,11-12,15H,2,4,8-10,13H2,1H3. The van der Waals surface area contributed by atoms with E-state index in [1.165, 1.54) is 11.8 Å². The molecule has 30 heavy (non-hydrogen) atoms. The second-order valence-corrected chi connectivity index (χ2v) is 9.17. The van der Waals surface area contributed by atoms with E-state index in [4.69, 9.17) is 9.47 Å². The van der Waals surface area contributed by atoms with Gasteiger partial charge < -0.3 is 18.9 Å². The van der Waals surface area contributed by atoms with Gasteiger partial charge in [-0.25, -0.2) is 0 Å². The highest BCUT2D eigenvalue weighted by Crippen LogP contribution is 2.38. The fourth-order valence-corrected chi connectivity index (χ4v) is 5.49. The SMILES string of the molecule is Cn1c(SCC(=O)N2CCCC2c2ccc3c(c2)OCCO3)nnc1-c1cccs1. The zero-order chi connectivity index (χ0) is 20.5. The van der Waals surface area contributed by atoms with Crippen molar-refractivity contribution in [2.24, 2.45) is 7.05 Å². The Kier molecular flexibility index (Phi) is 5.39. The molecule has 3 aromatic rings. The quantitative estimate of drug-likeness (QED) is 0.560. The number of carbonyl (C=O) groups excluding carboxylic acids is 1. The first kappa shape index (κ1) is 19.4. The van der Waals surface area contributed by atoms with E-state index in [1.54, 1.807) is 11.3 Å². The van der Waals surface area contributed by atoms with Crippen LogP contribution in [0.5, 0.6) is 11.5 Å². The lowest BCUT2D eigenvalue weighted by Crippen LogP contribution is -2.32. The molecule has 1 amide bonds. The predicted octanol–water partition coefficient (Wildman–Crippen LogP) is 3.77. The molecule has 2 aliphatic rings. The number of carbonyl (C=O) groups is 1. The average molecular weight is 443 g/mol. The number of hydrogen-bond donors (Lipinski definition) is 0. The van der Waals surface area contributed by atoms with E-state index in [2.05, 4.69) is 10.2 Å². The number of rotatable bonds is 5. The summed E-state index contributed by atoms with van der Waals surface area (Å²) in [4.78, 5) is 16.1. The maximum atomic E-state index is 13.0. The van der Waals surface area contributed by atoms with Crippen LogP contribution >= 0.6 is 23.1 Å². The zero-order valence-electron chi connectivity index (χ0n) is 16.6. The number of aromatic nitrogens is 3. The van der Waals surface area contributed by atoms with Gasteiger partial charge in [0.15, 0.2) is 22.5 Å². The monoisotopic (exact) mass is 442 g/mol. The van der Waals surface area contributed by atoms with Crippen molar-refractivity contribution >= 4 is 29.0 Å². The van der Waals surface area contributed by atoms with E-state index >= 15 is 0 Å². The number of nitrogens with zero attached hydrogens (tertiary/aromatic N) is 4. The summed E-state index contributed by atoms with van der Waals surface area (Å²) in [5.74, 6) is 2.85. The van der Waals surface area contributed by atoms with E-state index in [-0.39, 0.29) is 11.9 Å². The number of ether oxygens (including phenoxy) is 2. The van der Waals surface area contributed by atoms with Crippen LogP contribution in [0.3, 0.4) is 0 Å². The molecule has 1 atom stereocenters. The Morgan fingerprint density at radius 2 is 2.10 bits per heavy atom. The first-order valence-corrected chi connectivity index (χ1v) is 11.8. The van der Waals surface area contributed by atoms with Crippen molar-refractivity contribution in [1.82, 2.24) is 19.7 Å². The Labute approximate surface area is 183 Å². The largest absolute Gasteiger partial charge is 0.486 e. The third-order valence-corrected chi connectivity index (χ3v) is 7.30. The van der Waals surface area contributed by atoms with E-state index in [1.807, 2.05) is 52.2 Å². The first-order valence-electron chi connectivity index (χ1n) is 9.96. The van der Waals surface area contributed by atoms with Crippen LogP contribution in [0.15, 0.2) is 40.9 Å². The van der Waals surface area contributed by atoms with Crippen LogP contribution < -0.4 is 9.47 Å². The van der Waals surface area contributed by atoms with Gasteiger partial charge >= 0.3 is 0 Å². The van der Waals surface area contributed by atoms with Gasteiger partial charge in [-0.05, 0) is 42.0 Å². The van der Waals surface area contributed by atoms with E-state index < -0.39 is 0 Å². The van der Waals surface area contributed by atoms with Gasteiger partial charge in [-0.1, -0.05) is 23.9 Å². The van der Waals surface area contributed by atoms with Gasteiger partial charge in [-0.3, -0.25) is 4.79 Å². The number of benzene rings is 1. The maximum Gasteiger partial charge on any atom is 0.233 e. The van der Waals surface area contributed by atoms with Gasteiger partial charge in [0.2, 0.25) is 5.91 Å². The molecule has 1 saturated heterocycles. The van der Waals surface area contributed by atoms with Crippen molar-refractivity contribution in [3.05, 3.63) is 41.3 Å². The molecule has 1 fully saturated rings. The summed E-state index contributed by atoms with van der Waals surface area (Å²) < 4.78 is 13.3. The summed E-state index contributed by atoms with van der Waals surface area (Å²) in [5.41, 5.74) is 1.11. The lowest BCUT2D eigenvalue weighted by molar-refractivity contribution is -0.129. The fourth-order valence-electron chi connectivity index (χ4n) is 3.95. The molecule has 1 unspecified atom stereocenters. The Morgan fingerprint density at radius 1 is 1.23 bits per heavy atom. The van der Waals surface area contributed by atoms with Crippen LogP contribution in [0.1, 0.15) is 24.4 Å². The predicted molar refractivity (Wildman–Crippen MR) is 116 cm³/mol. The van der Waals surface area contributed by atoms with Crippen molar-refractivity contribution < 1.29 is 14.3 Å². The molecule has 5 rings (SSSR count). The van der Waals surface area contributed by atoms with Crippen molar-refractivity contribution in [3.63, 3.8) is 0 Å². The number of fused-ring (bicyclic) bond motifs is 1. The van der Waals surface area contributed by atoms with Crippen LogP contribution in [-0.2, 0) is 11.8 Å². The minimum absolute atomic E-state index is 0.0788. The molecule has 2 aromatic heterocycles. The highest BCUT2D eigenvalue weighted by Gasteiger charge is 2.31. The molecule has 2 aliphatic heterocycles. The third-order valence-electron chi connectivity index (χ3n) is 5.43. The minimum atomic E-state index is 0.0788. The van der Waals surface area contributed by atoms with Crippen LogP contribution in [0.2, 0.25) is 0 Å². The van der Waals surface area contributed by atoms with Gasteiger partial charge in [0.25, 0.3) is 0 Å². The van der Waals surface area contributed by atoms with E-state index in [0.717, 1.165) is 52.3 Å². The second kappa shape index (κ2) is 8.31. The molecule has 156 valence electrons. The highest BCUT2D eigenvalue weighted by atomic mass is 32.2. The number of hydrogen-bond acceptors (Lipinski definition) is 7. The molecule has 9 heteroatoms. The Bertz CT molecular complexity index is 1050. The zero-order valence-corrected chi connectivity index (χ0v) is 18.2. The first-order chi connectivity index (χ1) is 14.7. The molecule has 1 aromatic carbocycles. The van der Waals surface area contributed by atoms with Crippen molar-refractivity contribution in [1.29, 1.82) is 0 Å². The summed E-state index contributed by atoms with van der Waals surface area (Å²) in [6, 6.07) is 10.1. The molecule has 0 bridgehead atoms. The van der Waals surface area contributed by atoms with Crippen LogP contribution in [0, 0.1) is 0 Å². The van der Waals surface area contributed by atoms with Crippen LogP contribution in [-0.4, -0.2) is 51.1 Å². The molecule has 4 heterocycles. The van der Waals surface area contributed by atoms with E-state index in [0.29, 0.717) is 19.0 Å². The normalized spacial score (nSPS) is 18.0. The highest BCUT2D eigenvalue weighted by molar-refractivity contribution is 7.99. The number of amides is 1. The lowest BCUT2D eigenvalue weighted by Gasteiger charge is -2.26. The molecule has 0 N–H and O–H groups in total. The van der Waals surface area contributed by atoms with Crippen LogP contribution in [0.25, 0.3) is 10.7 Å². The number of thiophene rings is 1. The second-order valence-electron chi connectivity index (χ2n) is 7.28. The fraction of sp³-hybridized carbons (Fsp3) is 0.381. The smallest absolute Gasteiger partial charge is 0.233 e. The number of thioether (sulfide) groups is 1. The summed E-state index contributed by atoms with van der Waals surface area (Å²) in [6.45, 7) is 1.91. The molecule has 0 aliphatic carbocycles. The van der Waals surface area contributed by atoms with Crippen molar-refractivity contribution in [2.75, 3.05) is 25.5 Å². The Balaban J connectivity index is 1.27. The van der Waals surface area contributed by atoms with Crippen molar-refractivity contribution in [2.45, 2.75) is 24.0 Å². The molecule has 0 spiro atoms. The van der Waals surface area contributed by atoms with Gasteiger partial charge in [0, 0.05) is 13.6 Å². The Hall–Kier alpha value is -2.52. The van der Waals surface area contributed by atoms with Gasteiger partial charge in [-0.15, -0.1) is 21.5 Å².